The van der Waals surface area contributed by atoms with Gasteiger partial charge in [-0.05, 0) is 54.8 Å². The van der Waals surface area contributed by atoms with Crippen molar-refractivity contribution in [1.29, 1.82) is 0 Å². The Morgan fingerprint density at radius 1 is 1.25 bits per heavy atom. The van der Waals surface area contributed by atoms with Crippen molar-refractivity contribution in [3.8, 4) is 0 Å². The number of nitrogens with zero attached hydrogens (tertiary/aromatic N) is 2. The Labute approximate surface area is 127 Å². The molecule has 0 bridgehead atoms. The largest absolute Gasteiger partial charge is 0.341 e. The van der Waals surface area contributed by atoms with E-state index in [9.17, 15) is 4.79 Å². The first-order valence-electron chi connectivity index (χ1n) is 6.48. The van der Waals surface area contributed by atoms with Crippen LogP contribution in [0.2, 0.25) is 0 Å². The maximum absolute atomic E-state index is 12.3. The maximum atomic E-state index is 12.3. The van der Waals surface area contributed by atoms with Crippen LogP contribution in [0.1, 0.15) is 21.5 Å². The fourth-order valence-electron chi connectivity index (χ4n) is 1.95. The quantitative estimate of drug-likeness (QED) is 0.858. The van der Waals surface area contributed by atoms with Crippen molar-refractivity contribution in [2.45, 2.75) is 13.3 Å². The number of hydrogen-bond donors (Lipinski definition) is 0. The number of amides is 1. The Hall–Kier alpha value is -1.68. The lowest BCUT2D eigenvalue weighted by Crippen LogP contribution is -2.28. The van der Waals surface area contributed by atoms with E-state index < -0.39 is 0 Å². The predicted molar refractivity (Wildman–Crippen MR) is 83.8 cm³/mol. The number of halogens is 1. The zero-order valence-electron chi connectivity index (χ0n) is 11.6. The number of hydrogen-bond acceptors (Lipinski definition) is 2. The minimum Gasteiger partial charge on any atom is -0.341 e. The van der Waals surface area contributed by atoms with Crippen molar-refractivity contribution >= 4 is 21.8 Å². The second kappa shape index (κ2) is 6.66. The average molecular weight is 333 g/mol. The van der Waals surface area contributed by atoms with Crippen molar-refractivity contribution in [1.82, 2.24) is 9.88 Å². The summed E-state index contributed by atoms with van der Waals surface area (Å²) in [7, 11) is 1.83. The van der Waals surface area contributed by atoms with E-state index in [0.717, 1.165) is 22.0 Å². The third-order valence-corrected chi connectivity index (χ3v) is 4.13. The molecule has 0 saturated heterocycles. The van der Waals surface area contributed by atoms with E-state index in [2.05, 4.69) is 20.9 Å². The van der Waals surface area contributed by atoms with Crippen LogP contribution in [0.25, 0.3) is 0 Å². The van der Waals surface area contributed by atoms with Crippen LogP contribution in [0.15, 0.2) is 47.2 Å². The van der Waals surface area contributed by atoms with Gasteiger partial charge in [0.1, 0.15) is 0 Å². The van der Waals surface area contributed by atoms with E-state index >= 15 is 0 Å². The molecule has 1 amide bonds. The molecule has 0 saturated carbocycles. The molecule has 0 spiro atoms. The molecule has 1 heterocycles. The number of carbonyl (C=O) groups is 1. The third-order valence-electron chi connectivity index (χ3n) is 3.24. The summed E-state index contributed by atoms with van der Waals surface area (Å²) in [5, 5.41) is 0. The summed E-state index contributed by atoms with van der Waals surface area (Å²) in [6, 6.07) is 9.63. The molecule has 0 N–H and O–H groups in total. The molecule has 0 atom stereocenters. The fraction of sp³-hybridized carbons (Fsp3) is 0.250. The molecule has 4 heteroatoms. The Balaban J connectivity index is 1.99. The number of aromatic nitrogens is 1. The lowest BCUT2D eigenvalue weighted by Gasteiger charge is -2.17. The summed E-state index contributed by atoms with van der Waals surface area (Å²) in [6.45, 7) is 2.68. The van der Waals surface area contributed by atoms with Gasteiger partial charge in [0.15, 0.2) is 0 Å². The van der Waals surface area contributed by atoms with Crippen LogP contribution in [-0.2, 0) is 6.42 Å². The third kappa shape index (κ3) is 3.67. The molecule has 2 rings (SSSR count). The molecule has 0 aliphatic heterocycles. The Kier molecular flexibility index (Phi) is 4.90. The normalized spacial score (nSPS) is 10.3. The van der Waals surface area contributed by atoms with Gasteiger partial charge < -0.3 is 4.90 Å². The van der Waals surface area contributed by atoms with Gasteiger partial charge in [-0.2, -0.15) is 0 Å². The number of likely N-dealkylation sites (N-methyl/N-ethyl adjacent to an activating group) is 1. The highest BCUT2D eigenvalue weighted by Crippen LogP contribution is 2.18. The molecule has 3 nitrogen and oxygen atoms in total. The molecule has 0 fully saturated rings. The van der Waals surface area contributed by atoms with Crippen molar-refractivity contribution in [2.75, 3.05) is 13.6 Å². The van der Waals surface area contributed by atoms with Gasteiger partial charge in [0.05, 0.1) is 0 Å². The first-order valence-corrected chi connectivity index (χ1v) is 7.28. The Morgan fingerprint density at radius 2 is 1.95 bits per heavy atom. The number of carbonyl (C=O) groups excluding carboxylic acids is 1. The van der Waals surface area contributed by atoms with Crippen molar-refractivity contribution in [2.24, 2.45) is 0 Å². The summed E-state index contributed by atoms with van der Waals surface area (Å²) < 4.78 is 1.02. The number of rotatable bonds is 4. The predicted octanol–water partition coefficient (Wildman–Crippen LogP) is 3.47. The topological polar surface area (TPSA) is 33.2 Å². The Bertz CT molecular complexity index is 599. The molecule has 1 aromatic heterocycles. The monoisotopic (exact) mass is 332 g/mol. The lowest BCUT2D eigenvalue weighted by atomic mass is 10.1. The van der Waals surface area contributed by atoms with Crippen molar-refractivity contribution in [3.63, 3.8) is 0 Å². The first kappa shape index (κ1) is 14.7. The second-order valence-corrected chi connectivity index (χ2v) is 5.65. The molecule has 2 aromatic rings. The van der Waals surface area contributed by atoms with E-state index in [-0.39, 0.29) is 5.91 Å². The number of aryl methyl sites for hydroxylation is 1. The van der Waals surface area contributed by atoms with Crippen LogP contribution >= 0.6 is 15.9 Å². The van der Waals surface area contributed by atoms with Crippen molar-refractivity contribution < 1.29 is 4.79 Å². The van der Waals surface area contributed by atoms with Gasteiger partial charge in [-0.25, -0.2) is 0 Å². The molecular weight excluding hydrogens is 316 g/mol. The molecular formula is C16H17BrN2O. The molecule has 20 heavy (non-hydrogen) atoms. The minimum absolute atomic E-state index is 0.0506. The number of pyridine rings is 1. The van der Waals surface area contributed by atoms with Crippen LogP contribution in [-0.4, -0.2) is 29.4 Å². The van der Waals surface area contributed by atoms with Crippen molar-refractivity contribution in [3.05, 3.63) is 63.9 Å². The average Bonchev–Trinajstić information content (AvgIpc) is 2.48. The fourth-order valence-corrected chi connectivity index (χ4v) is 2.19. The zero-order chi connectivity index (χ0) is 14.5. The van der Waals surface area contributed by atoms with Gasteiger partial charge in [0.25, 0.3) is 5.91 Å². The van der Waals surface area contributed by atoms with Gasteiger partial charge in [-0.3, -0.25) is 9.78 Å². The maximum Gasteiger partial charge on any atom is 0.253 e. The highest BCUT2D eigenvalue weighted by atomic mass is 79.9. The molecule has 0 radical (unpaired) electrons. The van der Waals surface area contributed by atoms with Crippen LogP contribution < -0.4 is 0 Å². The van der Waals surface area contributed by atoms with Gasteiger partial charge in [0, 0.05) is 36.0 Å². The highest BCUT2D eigenvalue weighted by molar-refractivity contribution is 9.10. The summed E-state index contributed by atoms with van der Waals surface area (Å²) in [6.07, 6.45) is 4.38. The SMILES string of the molecule is Cc1cc(C(=O)N(C)CCc2ccncc2)ccc1Br. The second-order valence-electron chi connectivity index (χ2n) is 4.80. The first-order chi connectivity index (χ1) is 9.58. The lowest BCUT2D eigenvalue weighted by molar-refractivity contribution is 0.0796. The molecule has 0 aliphatic carbocycles. The van der Waals surface area contributed by atoms with Crippen LogP contribution in [0.3, 0.4) is 0 Å². The molecule has 104 valence electrons. The zero-order valence-corrected chi connectivity index (χ0v) is 13.2. The molecule has 0 unspecified atom stereocenters. The molecule has 1 aromatic carbocycles. The Morgan fingerprint density at radius 3 is 2.60 bits per heavy atom. The van der Waals surface area contributed by atoms with Crippen LogP contribution in [0.4, 0.5) is 0 Å². The minimum atomic E-state index is 0.0506. The summed E-state index contributed by atoms with van der Waals surface area (Å²) in [4.78, 5) is 18.1. The van der Waals surface area contributed by atoms with Crippen LogP contribution in [0, 0.1) is 6.92 Å². The van der Waals surface area contributed by atoms with E-state index in [4.69, 9.17) is 0 Å². The summed E-state index contributed by atoms with van der Waals surface area (Å²) in [5.41, 5.74) is 2.98. The van der Waals surface area contributed by atoms with E-state index in [1.165, 1.54) is 5.56 Å². The molecule has 0 aliphatic rings. The summed E-state index contributed by atoms with van der Waals surface area (Å²) >= 11 is 3.45. The van der Waals surface area contributed by atoms with E-state index in [0.29, 0.717) is 6.54 Å². The standard InChI is InChI=1S/C16H17BrN2O/c1-12-11-14(3-4-15(12)17)16(20)19(2)10-7-13-5-8-18-9-6-13/h3-6,8-9,11H,7,10H2,1-2H3. The van der Waals surface area contributed by atoms with E-state index in [1.807, 2.05) is 44.3 Å². The van der Waals surface area contributed by atoms with Gasteiger partial charge in [0.2, 0.25) is 0 Å². The van der Waals surface area contributed by atoms with Gasteiger partial charge >= 0.3 is 0 Å². The van der Waals surface area contributed by atoms with Gasteiger partial charge in [-0.15, -0.1) is 0 Å². The van der Waals surface area contributed by atoms with Crippen LogP contribution in [0.5, 0.6) is 0 Å². The summed E-state index contributed by atoms with van der Waals surface area (Å²) in [5.74, 6) is 0.0506. The smallest absolute Gasteiger partial charge is 0.253 e. The highest BCUT2D eigenvalue weighted by Gasteiger charge is 2.12. The van der Waals surface area contributed by atoms with E-state index in [1.54, 1.807) is 17.3 Å². The van der Waals surface area contributed by atoms with Gasteiger partial charge in [-0.1, -0.05) is 15.9 Å². The number of benzene rings is 1.